The summed E-state index contributed by atoms with van der Waals surface area (Å²) in [4.78, 5) is 10.1. The van der Waals surface area contributed by atoms with Gasteiger partial charge in [-0.2, -0.15) is 0 Å². The average molecular weight is 166 g/mol. The topological polar surface area (TPSA) is 49.3 Å². The molecule has 1 aliphatic rings. The predicted molar refractivity (Wildman–Crippen MR) is 40.5 cm³/mol. The van der Waals surface area contributed by atoms with Gasteiger partial charge in [-0.25, -0.2) is 0 Å². The lowest BCUT2D eigenvalue weighted by molar-refractivity contribution is -0.137. The number of carboxylic acids is 1. The van der Waals surface area contributed by atoms with Crippen LogP contribution in [0.4, 0.5) is 0 Å². The summed E-state index contributed by atoms with van der Waals surface area (Å²) in [6.07, 6.45) is 1.35. The summed E-state index contributed by atoms with van der Waals surface area (Å²) >= 11 is 0. The minimum Gasteiger partial charge on any atom is -0.481 e. The molecule has 1 saturated heterocycles. The number of nitrogens with one attached hydrogen (secondary N) is 1. The second-order valence-electron chi connectivity index (χ2n) is 2.46. The van der Waals surface area contributed by atoms with E-state index in [1.54, 1.807) is 0 Å². The van der Waals surface area contributed by atoms with Gasteiger partial charge in [0.2, 0.25) is 0 Å². The van der Waals surface area contributed by atoms with Gasteiger partial charge in [0.15, 0.2) is 0 Å². The number of hydrogen-bond donors (Lipinski definition) is 2. The van der Waals surface area contributed by atoms with Crippen molar-refractivity contribution in [2.45, 2.75) is 12.8 Å². The molecular formula is C6H12ClNO2. The van der Waals surface area contributed by atoms with E-state index in [2.05, 4.69) is 5.32 Å². The smallest absolute Gasteiger partial charge is 0.303 e. The molecule has 0 spiro atoms. The molecule has 3 nitrogen and oxygen atoms in total. The maximum Gasteiger partial charge on any atom is 0.303 e. The standard InChI is InChI=1S/C6H11NO2.ClH/c8-6(9)3-5-1-2-7-4-5;/h5,7H,1-4H2,(H,8,9);1H. The minimum absolute atomic E-state index is 0. The van der Waals surface area contributed by atoms with Crippen LogP contribution in [-0.2, 0) is 4.79 Å². The Bertz CT molecular complexity index is 112. The highest BCUT2D eigenvalue weighted by molar-refractivity contribution is 5.85. The summed E-state index contributed by atoms with van der Waals surface area (Å²) in [6, 6.07) is 0. The largest absolute Gasteiger partial charge is 0.481 e. The first-order valence-electron chi connectivity index (χ1n) is 3.21. The van der Waals surface area contributed by atoms with Gasteiger partial charge in [0.1, 0.15) is 0 Å². The van der Waals surface area contributed by atoms with E-state index in [9.17, 15) is 4.79 Å². The van der Waals surface area contributed by atoms with Crippen LogP contribution in [0.25, 0.3) is 0 Å². The molecule has 0 radical (unpaired) electrons. The van der Waals surface area contributed by atoms with Crippen LogP contribution in [0.2, 0.25) is 0 Å². The van der Waals surface area contributed by atoms with Crippen LogP contribution in [0.1, 0.15) is 12.8 Å². The number of aliphatic carboxylic acids is 1. The van der Waals surface area contributed by atoms with Crippen LogP contribution in [-0.4, -0.2) is 24.2 Å². The van der Waals surface area contributed by atoms with E-state index in [1.165, 1.54) is 0 Å². The zero-order valence-electron chi connectivity index (χ0n) is 5.67. The van der Waals surface area contributed by atoms with Crippen molar-refractivity contribution in [1.82, 2.24) is 5.32 Å². The highest BCUT2D eigenvalue weighted by Gasteiger charge is 2.16. The first kappa shape index (κ1) is 9.72. The predicted octanol–water partition coefficient (Wildman–Crippen LogP) is 0.492. The van der Waals surface area contributed by atoms with Gasteiger partial charge in [-0.3, -0.25) is 4.79 Å². The van der Waals surface area contributed by atoms with Gasteiger partial charge in [0.05, 0.1) is 0 Å². The Morgan fingerprint density at radius 2 is 2.40 bits per heavy atom. The van der Waals surface area contributed by atoms with Crippen molar-refractivity contribution in [3.05, 3.63) is 0 Å². The maximum absolute atomic E-state index is 10.1. The Hall–Kier alpha value is -0.280. The Kier molecular flexibility index (Phi) is 4.40. The Morgan fingerprint density at radius 1 is 1.70 bits per heavy atom. The fourth-order valence-electron chi connectivity index (χ4n) is 1.14. The van der Waals surface area contributed by atoms with E-state index >= 15 is 0 Å². The summed E-state index contributed by atoms with van der Waals surface area (Å²) < 4.78 is 0. The van der Waals surface area contributed by atoms with Crippen molar-refractivity contribution < 1.29 is 9.90 Å². The molecule has 0 amide bonds. The van der Waals surface area contributed by atoms with Crippen LogP contribution in [0.3, 0.4) is 0 Å². The van der Waals surface area contributed by atoms with Crippen LogP contribution >= 0.6 is 12.4 Å². The lowest BCUT2D eigenvalue weighted by Gasteiger charge is -2.00. The fraction of sp³-hybridized carbons (Fsp3) is 0.833. The molecule has 2 N–H and O–H groups in total. The van der Waals surface area contributed by atoms with E-state index < -0.39 is 5.97 Å². The van der Waals surface area contributed by atoms with Crippen molar-refractivity contribution in [1.29, 1.82) is 0 Å². The second kappa shape index (κ2) is 4.52. The molecule has 60 valence electrons. The van der Waals surface area contributed by atoms with Crippen molar-refractivity contribution in [3.63, 3.8) is 0 Å². The minimum atomic E-state index is -0.677. The van der Waals surface area contributed by atoms with Gasteiger partial charge >= 0.3 is 5.97 Å². The van der Waals surface area contributed by atoms with Crippen molar-refractivity contribution in [2.75, 3.05) is 13.1 Å². The fourth-order valence-corrected chi connectivity index (χ4v) is 1.14. The number of halogens is 1. The molecule has 1 atom stereocenters. The average Bonchev–Trinajstić information content (AvgIpc) is 2.15. The van der Waals surface area contributed by atoms with Gasteiger partial charge in [-0.1, -0.05) is 0 Å². The van der Waals surface area contributed by atoms with E-state index in [0.29, 0.717) is 12.3 Å². The van der Waals surface area contributed by atoms with Gasteiger partial charge in [0.25, 0.3) is 0 Å². The molecule has 4 heteroatoms. The Morgan fingerprint density at radius 3 is 2.80 bits per heavy atom. The van der Waals surface area contributed by atoms with Crippen molar-refractivity contribution in [3.8, 4) is 0 Å². The molecule has 0 saturated carbocycles. The third-order valence-electron chi connectivity index (χ3n) is 1.63. The molecule has 10 heavy (non-hydrogen) atoms. The third-order valence-corrected chi connectivity index (χ3v) is 1.63. The third kappa shape index (κ3) is 3.03. The second-order valence-corrected chi connectivity index (χ2v) is 2.46. The summed E-state index contributed by atoms with van der Waals surface area (Å²) in [5, 5.41) is 11.5. The maximum atomic E-state index is 10.1. The molecule has 1 unspecified atom stereocenters. The van der Waals surface area contributed by atoms with E-state index in [4.69, 9.17) is 5.11 Å². The van der Waals surface area contributed by atoms with Gasteiger partial charge < -0.3 is 10.4 Å². The van der Waals surface area contributed by atoms with Crippen LogP contribution in [0, 0.1) is 5.92 Å². The quantitative estimate of drug-likeness (QED) is 0.626. The highest BCUT2D eigenvalue weighted by Crippen LogP contribution is 2.10. The molecule has 1 rings (SSSR count). The summed E-state index contributed by atoms with van der Waals surface area (Å²) in [6.45, 7) is 1.87. The van der Waals surface area contributed by atoms with Crippen LogP contribution < -0.4 is 5.32 Å². The van der Waals surface area contributed by atoms with Crippen molar-refractivity contribution >= 4 is 18.4 Å². The molecular weight excluding hydrogens is 154 g/mol. The number of carbonyl (C=O) groups is 1. The van der Waals surface area contributed by atoms with Gasteiger partial charge in [0, 0.05) is 6.42 Å². The Labute approximate surface area is 66.2 Å². The van der Waals surface area contributed by atoms with Gasteiger partial charge in [-0.15, -0.1) is 12.4 Å². The number of carboxylic acid groups (broad SMARTS) is 1. The number of hydrogen-bond acceptors (Lipinski definition) is 2. The lowest BCUT2D eigenvalue weighted by Crippen LogP contribution is -2.11. The molecule has 1 heterocycles. The zero-order valence-corrected chi connectivity index (χ0v) is 6.49. The highest BCUT2D eigenvalue weighted by atomic mass is 35.5. The SMILES string of the molecule is Cl.O=C(O)CC1CCNC1. The van der Waals surface area contributed by atoms with Gasteiger partial charge in [-0.05, 0) is 25.4 Å². The molecule has 0 aromatic rings. The summed E-state index contributed by atoms with van der Waals surface area (Å²) in [7, 11) is 0. The van der Waals surface area contributed by atoms with E-state index in [0.717, 1.165) is 19.5 Å². The molecule has 0 bridgehead atoms. The van der Waals surface area contributed by atoms with Crippen LogP contribution in [0.5, 0.6) is 0 Å². The molecule has 0 aromatic carbocycles. The normalized spacial score (nSPS) is 23.8. The monoisotopic (exact) mass is 165 g/mol. The lowest BCUT2D eigenvalue weighted by atomic mass is 10.1. The number of rotatable bonds is 2. The van der Waals surface area contributed by atoms with E-state index in [-0.39, 0.29) is 12.4 Å². The first-order chi connectivity index (χ1) is 4.29. The first-order valence-corrected chi connectivity index (χ1v) is 3.21. The van der Waals surface area contributed by atoms with Crippen LogP contribution in [0.15, 0.2) is 0 Å². The summed E-state index contributed by atoms with van der Waals surface area (Å²) in [5.41, 5.74) is 0. The zero-order chi connectivity index (χ0) is 6.69. The summed E-state index contributed by atoms with van der Waals surface area (Å²) in [5.74, 6) is -0.300. The Balaban J connectivity index is 0.000000810. The molecule has 1 aliphatic heterocycles. The van der Waals surface area contributed by atoms with E-state index in [1.807, 2.05) is 0 Å². The molecule has 0 aliphatic carbocycles. The molecule has 1 fully saturated rings. The molecule has 0 aromatic heterocycles. The van der Waals surface area contributed by atoms with Crippen molar-refractivity contribution in [2.24, 2.45) is 5.92 Å².